The molecule has 1 aliphatic carbocycles. The summed E-state index contributed by atoms with van der Waals surface area (Å²) in [6.45, 7) is 10.2. The van der Waals surface area contributed by atoms with Gasteiger partial charge in [-0.25, -0.2) is 9.53 Å². The number of aryl methyl sites for hydroxylation is 1. The van der Waals surface area contributed by atoms with Crippen LogP contribution in [0, 0.1) is 19.4 Å². The summed E-state index contributed by atoms with van der Waals surface area (Å²) < 4.78 is 6.99. The van der Waals surface area contributed by atoms with Crippen LogP contribution in [0.5, 0.6) is 5.75 Å². The van der Waals surface area contributed by atoms with E-state index in [4.69, 9.17) is 11.3 Å². The summed E-state index contributed by atoms with van der Waals surface area (Å²) in [5, 5.41) is 8.28. The van der Waals surface area contributed by atoms with Crippen molar-refractivity contribution >= 4 is 11.5 Å². The monoisotopic (exact) mass is 490 g/mol. The zero-order chi connectivity index (χ0) is 25.8. The molecule has 5 rings (SSSR count). The van der Waals surface area contributed by atoms with Crippen LogP contribution in [0.2, 0.25) is 0 Å². The molecule has 0 spiro atoms. The third-order valence-corrected chi connectivity index (χ3v) is 6.73. The molecular formula is C31H30N4O2. The molecule has 37 heavy (non-hydrogen) atoms. The number of carbonyl (C=O) groups excluding carboxylic acids is 1. The van der Waals surface area contributed by atoms with Crippen LogP contribution in [0.3, 0.4) is 0 Å². The molecule has 0 saturated heterocycles. The molecule has 3 aromatic carbocycles. The first-order chi connectivity index (χ1) is 18.0. The second kappa shape index (κ2) is 10.8. The molecule has 1 fully saturated rings. The lowest BCUT2D eigenvalue weighted by atomic mass is 9.95. The van der Waals surface area contributed by atoms with E-state index < -0.39 is 0 Å². The zero-order valence-corrected chi connectivity index (χ0v) is 21.1. The number of Topliss-reactive ketones (excluding diaryl/α,β-unsaturated/α-hetero) is 1. The first-order valence-corrected chi connectivity index (χ1v) is 12.6. The Morgan fingerprint density at radius 2 is 1.86 bits per heavy atom. The molecule has 0 aliphatic heterocycles. The number of rotatable bonds is 10. The van der Waals surface area contributed by atoms with Crippen LogP contribution < -0.4 is 10.1 Å². The van der Waals surface area contributed by atoms with E-state index in [9.17, 15) is 4.79 Å². The molecule has 1 unspecified atom stereocenters. The van der Waals surface area contributed by atoms with E-state index in [-0.39, 0.29) is 18.2 Å². The van der Waals surface area contributed by atoms with Gasteiger partial charge in [-0.2, -0.15) is 5.10 Å². The lowest BCUT2D eigenvalue weighted by molar-refractivity contribution is 0.0985. The van der Waals surface area contributed by atoms with Crippen LogP contribution in [-0.4, -0.2) is 29.2 Å². The summed E-state index contributed by atoms with van der Waals surface area (Å²) in [5.41, 5.74) is 5.75. The van der Waals surface area contributed by atoms with Gasteiger partial charge in [0, 0.05) is 6.42 Å². The Morgan fingerprint density at radius 1 is 1.08 bits per heavy atom. The second-order valence-electron chi connectivity index (χ2n) is 9.62. The fraction of sp³-hybridized carbons (Fsp3) is 0.258. The molecule has 1 heterocycles. The second-order valence-corrected chi connectivity index (χ2v) is 9.62. The van der Waals surface area contributed by atoms with Gasteiger partial charge in [0.25, 0.3) is 0 Å². The van der Waals surface area contributed by atoms with Crippen LogP contribution in [0.4, 0.5) is 5.69 Å². The molecule has 4 aromatic rings. The van der Waals surface area contributed by atoms with Crippen LogP contribution in [0.25, 0.3) is 10.5 Å². The van der Waals surface area contributed by atoms with Crippen LogP contribution in [0.15, 0.2) is 78.9 Å². The van der Waals surface area contributed by atoms with Gasteiger partial charge in [0.2, 0.25) is 0 Å². The van der Waals surface area contributed by atoms with Crippen molar-refractivity contribution in [2.75, 3.05) is 13.7 Å². The Kier molecular flexibility index (Phi) is 7.16. The summed E-state index contributed by atoms with van der Waals surface area (Å²) in [7, 11) is 1.67. The molecule has 6 heteroatoms. The van der Waals surface area contributed by atoms with Gasteiger partial charge in [0.1, 0.15) is 11.4 Å². The van der Waals surface area contributed by atoms with Crippen LogP contribution >= 0.6 is 0 Å². The fourth-order valence-corrected chi connectivity index (χ4v) is 4.58. The van der Waals surface area contributed by atoms with Gasteiger partial charge in [-0.1, -0.05) is 48.5 Å². The number of hydrogen-bond acceptors (Lipinski definition) is 4. The van der Waals surface area contributed by atoms with Gasteiger partial charge in [0.15, 0.2) is 11.5 Å². The van der Waals surface area contributed by atoms with Gasteiger partial charge in [-0.05, 0) is 79.3 Å². The smallest absolute Gasteiger partial charge is 0.189 e. The van der Waals surface area contributed by atoms with Crippen molar-refractivity contribution in [2.24, 2.45) is 5.92 Å². The molecule has 1 aliphatic rings. The minimum absolute atomic E-state index is 0.0158. The molecule has 186 valence electrons. The van der Waals surface area contributed by atoms with Gasteiger partial charge in [0.05, 0.1) is 31.1 Å². The van der Waals surface area contributed by atoms with Gasteiger partial charge in [-0.3, -0.25) is 4.79 Å². The Labute approximate surface area is 217 Å². The average Bonchev–Trinajstić information content (AvgIpc) is 3.67. The van der Waals surface area contributed by atoms with Crippen LogP contribution in [-0.2, 0) is 6.42 Å². The standard InChI is InChI=1S/C31H30N4O2/c1-21-16-29(35(34-21)27-9-5-8-26(19-27)32-2)30(36)18-23-6-4-7-25(17-23)31(33-20-22-10-11-22)24-12-14-28(37-3)15-13-24/h4-9,12-17,19,22,31,33H,10-11,18,20H2,1,3H3. The molecule has 1 atom stereocenters. The lowest BCUT2D eigenvalue weighted by Crippen LogP contribution is -2.24. The number of nitrogens with zero attached hydrogens (tertiary/aromatic N) is 3. The van der Waals surface area contributed by atoms with E-state index in [1.54, 1.807) is 23.9 Å². The third-order valence-electron chi connectivity index (χ3n) is 6.73. The van der Waals surface area contributed by atoms with Gasteiger partial charge >= 0.3 is 0 Å². The molecule has 1 N–H and O–H groups in total. The summed E-state index contributed by atoms with van der Waals surface area (Å²) >= 11 is 0. The Bertz CT molecular complexity index is 1440. The van der Waals surface area contributed by atoms with Crippen LogP contribution in [0.1, 0.15) is 51.8 Å². The number of aromatic nitrogens is 2. The van der Waals surface area contributed by atoms with E-state index in [1.807, 2.05) is 49.4 Å². The highest BCUT2D eigenvalue weighted by Gasteiger charge is 2.24. The Morgan fingerprint density at radius 3 is 2.59 bits per heavy atom. The Hall–Kier alpha value is -4.21. The van der Waals surface area contributed by atoms with Gasteiger partial charge in [-0.15, -0.1) is 0 Å². The Balaban J connectivity index is 1.40. The highest BCUT2D eigenvalue weighted by molar-refractivity contribution is 5.96. The number of hydrogen-bond donors (Lipinski definition) is 1. The van der Waals surface area contributed by atoms with E-state index >= 15 is 0 Å². The normalized spacial score (nSPS) is 13.6. The maximum atomic E-state index is 13.5. The topological polar surface area (TPSA) is 60.5 Å². The largest absolute Gasteiger partial charge is 0.497 e. The maximum Gasteiger partial charge on any atom is 0.189 e. The minimum Gasteiger partial charge on any atom is -0.497 e. The fourth-order valence-electron chi connectivity index (χ4n) is 4.58. The summed E-state index contributed by atoms with van der Waals surface area (Å²) in [4.78, 5) is 17.0. The van der Waals surface area contributed by atoms with Crippen molar-refractivity contribution in [3.63, 3.8) is 0 Å². The summed E-state index contributed by atoms with van der Waals surface area (Å²) in [6.07, 6.45) is 2.82. The predicted octanol–water partition coefficient (Wildman–Crippen LogP) is 6.25. The highest BCUT2D eigenvalue weighted by atomic mass is 16.5. The van der Waals surface area contributed by atoms with Crippen molar-refractivity contribution in [1.82, 2.24) is 15.1 Å². The maximum absolute atomic E-state index is 13.5. The summed E-state index contributed by atoms with van der Waals surface area (Å²) in [5.74, 6) is 1.56. The van der Waals surface area contributed by atoms with E-state index in [1.165, 1.54) is 18.4 Å². The van der Waals surface area contributed by atoms with Crippen molar-refractivity contribution in [2.45, 2.75) is 32.2 Å². The molecule has 0 amide bonds. The van der Waals surface area contributed by atoms with Crippen molar-refractivity contribution in [3.8, 4) is 11.4 Å². The summed E-state index contributed by atoms with van der Waals surface area (Å²) in [6, 6.07) is 25.5. The molecule has 0 bridgehead atoms. The predicted molar refractivity (Wildman–Crippen MR) is 145 cm³/mol. The van der Waals surface area contributed by atoms with Crippen molar-refractivity contribution < 1.29 is 9.53 Å². The van der Waals surface area contributed by atoms with E-state index in [0.29, 0.717) is 17.1 Å². The number of nitrogens with one attached hydrogen (secondary N) is 1. The molecule has 6 nitrogen and oxygen atoms in total. The third kappa shape index (κ3) is 5.79. The molecular weight excluding hydrogens is 460 g/mol. The lowest BCUT2D eigenvalue weighted by Gasteiger charge is -2.21. The SMILES string of the molecule is [C-]#[N+]c1cccc(-n2nc(C)cc2C(=O)Cc2cccc(C(NCC3CC3)c3ccc(OC)cc3)c2)c1. The quantitative estimate of drug-likeness (QED) is 0.211. The first-order valence-electron chi connectivity index (χ1n) is 12.6. The van der Waals surface area contributed by atoms with E-state index in [0.717, 1.165) is 35.0 Å². The van der Waals surface area contributed by atoms with E-state index in [2.05, 4.69) is 39.5 Å². The van der Waals surface area contributed by atoms with Crippen molar-refractivity contribution in [3.05, 3.63) is 118 Å². The van der Waals surface area contributed by atoms with Crippen molar-refractivity contribution in [1.29, 1.82) is 0 Å². The molecule has 1 saturated carbocycles. The molecule has 0 radical (unpaired) electrons. The number of ether oxygens (including phenoxy) is 1. The number of benzene rings is 3. The minimum atomic E-state index is -0.0158. The average molecular weight is 491 g/mol. The number of carbonyl (C=O) groups is 1. The molecule has 1 aromatic heterocycles. The highest BCUT2D eigenvalue weighted by Crippen LogP contribution is 2.31. The number of ketones is 1. The zero-order valence-electron chi connectivity index (χ0n) is 21.1. The van der Waals surface area contributed by atoms with Gasteiger partial charge < -0.3 is 10.1 Å². The first kappa shape index (κ1) is 24.5. The number of methoxy groups -OCH3 is 1.